The molecule has 13 heavy (non-hydrogen) atoms. The first-order valence-corrected chi connectivity index (χ1v) is 5.49. The number of thiophene rings is 1. The highest BCUT2D eigenvalue weighted by Crippen LogP contribution is 2.17. The maximum Gasteiger partial charge on any atom is 0.0468 e. The van der Waals surface area contributed by atoms with Gasteiger partial charge < -0.3 is 10.4 Å². The van der Waals surface area contributed by atoms with Crippen LogP contribution in [-0.2, 0) is 0 Å². The van der Waals surface area contributed by atoms with Gasteiger partial charge in [-0.25, -0.2) is 0 Å². The molecular weight excluding hydrogens is 182 g/mol. The highest BCUT2D eigenvalue weighted by Gasteiger charge is 2.06. The van der Waals surface area contributed by atoms with Crippen molar-refractivity contribution in [1.82, 2.24) is 5.32 Å². The Bertz CT molecular complexity index is 223. The molecule has 1 aromatic heterocycles. The number of aliphatic hydroxyl groups is 1. The largest absolute Gasteiger partial charge is 0.396 e. The van der Waals surface area contributed by atoms with Crippen LogP contribution >= 0.6 is 11.3 Å². The lowest BCUT2D eigenvalue weighted by Crippen LogP contribution is -2.25. The van der Waals surface area contributed by atoms with Crippen molar-refractivity contribution in [2.24, 2.45) is 5.92 Å². The molecule has 0 fully saturated rings. The van der Waals surface area contributed by atoms with E-state index in [-0.39, 0.29) is 6.61 Å². The summed E-state index contributed by atoms with van der Waals surface area (Å²) in [5, 5.41) is 14.3. The molecule has 1 aromatic rings. The molecule has 0 saturated carbocycles. The first kappa shape index (κ1) is 10.7. The van der Waals surface area contributed by atoms with Gasteiger partial charge in [-0.05, 0) is 24.3 Å². The van der Waals surface area contributed by atoms with Crippen LogP contribution in [0.1, 0.15) is 24.8 Å². The quantitative estimate of drug-likeness (QED) is 0.760. The predicted octanol–water partition coefficient (Wildman–Crippen LogP) is 2.03. The Kier molecular flexibility index (Phi) is 4.42. The van der Waals surface area contributed by atoms with Crippen LogP contribution in [0.4, 0.5) is 0 Å². The summed E-state index contributed by atoms with van der Waals surface area (Å²) in [5.41, 5.74) is 0. The van der Waals surface area contributed by atoms with E-state index in [9.17, 15) is 0 Å². The van der Waals surface area contributed by atoms with Gasteiger partial charge in [-0.3, -0.25) is 0 Å². The Morgan fingerprint density at radius 2 is 2.31 bits per heavy atom. The first-order chi connectivity index (χ1) is 6.24. The molecular formula is C10H17NOS. The molecule has 74 valence electrons. The Balaban J connectivity index is 2.30. The van der Waals surface area contributed by atoms with E-state index in [4.69, 9.17) is 5.11 Å². The molecule has 0 saturated heterocycles. The zero-order valence-corrected chi connectivity index (χ0v) is 8.97. The van der Waals surface area contributed by atoms with Crippen molar-refractivity contribution >= 4 is 11.3 Å². The average Bonchev–Trinajstić information content (AvgIpc) is 2.66. The molecule has 0 aliphatic heterocycles. The lowest BCUT2D eigenvalue weighted by molar-refractivity contribution is 0.231. The van der Waals surface area contributed by atoms with Crippen molar-refractivity contribution in [1.29, 1.82) is 0 Å². The van der Waals surface area contributed by atoms with E-state index in [0.29, 0.717) is 12.0 Å². The van der Waals surface area contributed by atoms with Crippen LogP contribution in [-0.4, -0.2) is 18.3 Å². The smallest absolute Gasteiger partial charge is 0.0468 e. The Morgan fingerprint density at radius 3 is 2.85 bits per heavy atom. The van der Waals surface area contributed by atoms with Gasteiger partial charge in [0.05, 0.1) is 0 Å². The highest BCUT2D eigenvalue weighted by atomic mass is 32.1. The second kappa shape index (κ2) is 5.37. The van der Waals surface area contributed by atoms with E-state index in [0.717, 1.165) is 6.54 Å². The Hall–Kier alpha value is -0.380. The average molecular weight is 199 g/mol. The minimum absolute atomic E-state index is 0.254. The van der Waals surface area contributed by atoms with Crippen LogP contribution in [0.25, 0.3) is 0 Å². The third kappa shape index (κ3) is 3.46. The van der Waals surface area contributed by atoms with E-state index < -0.39 is 0 Å². The van der Waals surface area contributed by atoms with E-state index in [1.807, 2.05) is 6.92 Å². The van der Waals surface area contributed by atoms with Crippen LogP contribution in [0.5, 0.6) is 0 Å². The molecule has 1 unspecified atom stereocenters. The van der Waals surface area contributed by atoms with Crippen molar-refractivity contribution in [3.05, 3.63) is 22.4 Å². The van der Waals surface area contributed by atoms with E-state index in [1.54, 1.807) is 11.3 Å². The molecule has 0 spiro atoms. The molecule has 0 aliphatic rings. The zero-order chi connectivity index (χ0) is 9.68. The fraction of sp³-hybridized carbons (Fsp3) is 0.600. The summed E-state index contributed by atoms with van der Waals surface area (Å²) in [4.78, 5) is 1.35. The van der Waals surface area contributed by atoms with Crippen molar-refractivity contribution in [3.63, 3.8) is 0 Å². The minimum atomic E-state index is 0.254. The molecule has 0 aliphatic carbocycles. The molecule has 3 heteroatoms. The molecule has 0 radical (unpaired) electrons. The van der Waals surface area contributed by atoms with Gasteiger partial charge >= 0.3 is 0 Å². The highest BCUT2D eigenvalue weighted by molar-refractivity contribution is 7.10. The van der Waals surface area contributed by atoms with Crippen LogP contribution < -0.4 is 5.32 Å². The maximum absolute atomic E-state index is 8.84. The molecule has 0 aromatic carbocycles. The van der Waals surface area contributed by atoms with Gasteiger partial charge in [-0.15, -0.1) is 11.3 Å². The minimum Gasteiger partial charge on any atom is -0.396 e. The number of aliphatic hydroxyl groups excluding tert-OH is 1. The third-order valence-corrected chi connectivity index (χ3v) is 3.11. The second-order valence-electron chi connectivity index (χ2n) is 3.43. The molecule has 2 atom stereocenters. The normalized spacial score (nSPS) is 15.6. The molecule has 0 amide bonds. The molecule has 2 nitrogen and oxygen atoms in total. The molecule has 1 heterocycles. The van der Waals surface area contributed by atoms with Crippen LogP contribution in [0.15, 0.2) is 17.5 Å². The summed E-state index contributed by atoms with van der Waals surface area (Å²) < 4.78 is 0. The lowest BCUT2D eigenvalue weighted by Gasteiger charge is -2.14. The number of nitrogens with one attached hydrogen (secondary N) is 1. The van der Waals surface area contributed by atoms with E-state index >= 15 is 0 Å². The Labute approximate surface area is 83.6 Å². The van der Waals surface area contributed by atoms with Gasteiger partial charge in [-0.1, -0.05) is 13.0 Å². The molecule has 1 rings (SSSR count). The summed E-state index contributed by atoms with van der Waals surface area (Å²) in [7, 11) is 0. The topological polar surface area (TPSA) is 32.3 Å². The van der Waals surface area contributed by atoms with Gasteiger partial charge in [0.15, 0.2) is 0 Å². The van der Waals surface area contributed by atoms with E-state index in [1.165, 1.54) is 4.88 Å². The van der Waals surface area contributed by atoms with Gasteiger partial charge in [0.25, 0.3) is 0 Å². The SMILES string of the molecule is CC(CO)CN[C@@H](C)c1cccs1. The fourth-order valence-corrected chi connectivity index (χ4v) is 1.84. The third-order valence-electron chi connectivity index (χ3n) is 2.05. The molecule has 0 bridgehead atoms. The van der Waals surface area contributed by atoms with Crippen molar-refractivity contribution in [3.8, 4) is 0 Å². The lowest BCUT2D eigenvalue weighted by atomic mass is 10.2. The number of rotatable bonds is 5. The van der Waals surface area contributed by atoms with Crippen molar-refractivity contribution in [2.75, 3.05) is 13.2 Å². The van der Waals surface area contributed by atoms with Gasteiger partial charge in [0.1, 0.15) is 0 Å². The van der Waals surface area contributed by atoms with Crippen LogP contribution in [0.2, 0.25) is 0 Å². The van der Waals surface area contributed by atoms with Crippen molar-refractivity contribution in [2.45, 2.75) is 19.9 Å². The maximum atomic E-state index is 8.84. The Morgan fingerprint density at radius 1 is 1.54 bits per heavy atom. The second-order valence-corrected chi connectivity index (χ2v) is 4.41. The van der Waals surface area contributed by atoms with Gasteiger partial charge in [0, 0.05) is 24.1 Å². The summed E-state index contributed by atoms with van der Waals surface area (Å²) in [6.07, 6.45) is 0. The predicted molar refractivity (Wildman–Crippen MR) is 57.0 cm³/mol. The standard InChI is InChI=1S/C10H17NOS/c1-8(7-12)6-11-9(2)10-4-3-5-13-10/h3-5,8-9,11-12H,6-7H2,1-2H3/t8?,9-/m0/s1. The van der Waals surface area contributed by atoms with E-state index in [2.05, 4.69) is 29.8 Å². The fourth-order valence-electron chi connectivity index (χ4n) is 1.08. The first-order valence-electron chi connectivity index (χ1n) is 4.61. The zero-order valence-electron chi connectivity index (χ0n) is 8.16. The van der Waals surface area contributed by atoms with Gasteiger partial charge in [0.2, 0.25) is 0 Å². The monoisotopic (exact) mass is 199 g/mol. The summed E-state index contributed by atoms with van der Waals surface area (Å²) in [6, 6.07) is 4.59. The molecule has 2 N–H and O–H groups in total. The van der Waals surface area contributed by atoms with Crippen LogP contribution in [0, 0.1) is 5.92 Å². The van der Waals surface area contributed by atoms with Crippen molar-refractivity contribution < 1.29 is 5.11 Å². The number of hydrogen-bond acceptors (Lipinski definition) is 3. The van der Waals surface area contributed by atoms with Crippen LogP contribution in [0.3, 0.4) is 0 Å². The summed E-state index contributed by atoms with van der Waals surface area (Å²) in [5.74, 6) is 0.336. The number of hydrogen-bond donors (Lipinski definition) is 2. The summed E-state index contributed by atoms with van der Waals surface area (Å²) in [6.45, 7) is 5.31. The summed E-state index contributed by atoms with van der Waals surface area (Å²) >= 11 is 1.77. The van der Waals surface area contributed by atoms with Gasteiger partial charge in [-0.2, -0.15) is 0 Å².